The van der Waals surface area contributed by atoms with Crippen LogP contribution in [0.2, 0.25) is 10.0 Å². The minimum absolute atomic E-state index is 0.0178. The van der Waals surface area contributed by atoms with Gasteiger partial charge in [0.05, 0.1) is 11.1 Å². The molecule has 2 rings (SSSR count). The molecular weight excluding hydrogens is 300 g/mol. The third kappa shape index (κ3) is 3.13. The lowest BCUT2D eigenvalue weighted by Crippen LogP contribution is -2.21. The van der Waals surface area contributed by atoms with Gasteiger partial charge in [-0.25, -0.2) is 4.39 Å². The van der Waals surface area contributed by atoms with Crippen LogP contribution in [0.3, 0.4) is 0 Å². The zero-order valence-electron chi connectivity index (χ0n) is 10.6. The van der Waals surface area contributed by atoms with Crippen LogP contribution < -0.4 is 5.73 Å². The average Bonchev–Trinajstić information content (AvgIpc) is 2.45. The highest BCUT2D eigenvalue weighted by molar-refractivity contribution is 6.31. The highest BCUT2D eigenvalue weighted by Gasteiger charge is 2.25. The topological polar surface area (TPSA) is 46.2 Å². The van der Waals surface area contributed by atoms with E-state index in [0.717, 1.165) is 0 Å². The second-order valence-electron chi connectivity index (χ2n) is 4.48. The maximum atomic E-state index is 14.1. The maximum Gasteiger partial charge on any atom is 0.145 e. The number of nitrogens with two attached hydrogens (primary N) is 1. The van der Waals surface area contributed by atoms with E-state index in [4.69, 9.17) is 28.9 Å². The molecule has 0 spiro atoms. The summed E-state index contributed by atoms with van der Waals surface area (Å²) in [6.45, 7) is 0.0983. The van der Waals surface area contributed by atoms with Gasteiger partial charge in [-0.1, -0.05) is 47.5 Å². The van der Waals surface area contributed by atoms with Crippen molar-refractivity contribution < 1.29 is 9.50 Å². The molecule has 106 valence electrons. The van der Waals surface area contributed by atoms with Crippen molar-refractivity contribution in [2.45, 2.75) is 12.0 Å². The summed E-state index contributed by atoms with van der Waals surface area (Å²) in [6, 6.07) is 11.4. The van der Waals surface area contributed by atoms with E-state index in [2.05, 4.69) is 0 Å². The Labute approximate surface area is 126 Å². The van der Waals surface area contributed by atoms with Crippen LogP contribution in [0.25, 0.3) is 0 Å². The molecule has 0 aromatic heterocycles. The lowest BCUT2D eigenvalue weighted by Gasteiger charge is -2.23. The Kier molecular flexibility index (Phi) is 5.00. The minimum Gasteiger partial charge on any atom is -0.388 e. The fourth-order valence-electron chi connectivity index (χ4n) is 2.13. The first-order chi connectivity index (χ1) is 9.54. The second-order valence-corrected chi connectivity index (χ2v) is 5.33. The quantitative estimate of drug-likeness (QED) is 0.899. The summed E-state index contributed by atoms with van der Waals surface area (Å²) in [4.78, 5) is 0. The molecule has 0 saturated carbocycles. The van der Waals surface area contributed by atoms with E-state index in [1.54, 1.807) is 36.4 Å². The Balaban J connectivity index is 2.36. The number of hydrogen-bond acceptors (Lipinski definition) is 2. The molecule has 2 unspecified atom stereocenters. The van der Waals surface area contributed by atoms with Crippen molar-refractivity contribution in [3.63, 3.8) is 0 Å². The second kappa shape index (κ2) is 6.55. The van der Waals surface area contributed by atoms with Gasteiger partial charge in [-0.2, -0.15) is 0 Å². The van der Waals surface area contributed by atoms with E-state index in [-0.39, 0.29) is 11.6 Å². The van der Waals surface area contributed by atoms with Crippen molar-refractivity contribution in [1.29, 1.82) is 0 Å². The van der Waals surface area contributed by atoms with E-state index in [0.29, 0.717) is 16.1 Å². The third-order valence-electron chi connectivity index (χ3n) is 3.23. The van der Waals surface area contributed by atoms with Gasteiger partial charge in [0.1, 0.15) is 5.82 Å². The predicted octanol–water partition coefficient (Wildman–Crippen LogP) is 3.91. The van der Waals surface area contributed by atoms with E-state index in [9.17, 15) is 9.50 Å². The summed E-state index contributed by atoms with van der Waals surface area (Å²) >= 11 is 11.6. The van der Waals surface area contributed by atoms with Gasteiger partial charge in [0.2, 0.25) is 0 Å². The molecule has 0 aliphatic rings. The maximum absolute atomic E-state index is 14.1. The van der Waals surface area contributed by atoms with Gasteiger partial charge >= 0.3 is 0 Å². The zero-order valence-corrected chi connectivity index (χ0v) is 12.1. The van der Waals surface area contributed by atoms with E-state index < -0.39 is 17.8 Å². The first-order valence-corrected chi connectivity index (χ1v) is 6.87. The molecule has 2 atom stereocenters. The third-order valence-corrected chi connectivity index (χ3v) is 3.77. The van der Waals surface area contributed by atoms with Crippen molar-refractivity contribution in [3.8, 4) is 0 Å². The van der Waals surface area contributed by atoms with Gasteiger partial charge in [0.15, 0.2) is 0 Å². The van der Waals surface area contributed by atoms with Crippen molar-refractivity contribution in [1.82, 2.24) is 0 Å². The molecule has 5 heteroatoms. The summed E-state index contributed by atoms with van der Waals surface area (Å²) in [5, 5.41) is 11.0. The number of rotatable bonds is 4. The highest BCUT2D eigenvalue weighted by Crippen LogP contribution is 2.34. The first-order valence-electron chi connectivity index (χ1n) is 6.12. The molecule has 0 aliphatic carbocycles. The van der Waals surface area contributed by atoms with Gasteiger partial charge in [0.25, 0.3) is 0 Å². The molecule has 2 aromatic carbocycles. The lowest BCUT2D eigenvalue weighted by molar-refractivity contribution is 0.145. The molecule has 2 aromatic rings. The van der Waals surface area contributed by atoms with E-state index in [1.807, 2.05) is 0 Å². The molecule has 0 radical (unpaired) electrons. The van der Waals surface area contributed by atoms with Crippen molar-refractivity contribution in [2.75, 3.05) is 6.54 Å². The highest BCUT2D eigenvalue weighted by atomic mass is 35.5. The average molecular weight is 314 g/mol. The minimum atomic E-state index is -0.926. The largest absolute Gasteiger partial charge is 0.388 e. The first kappa shape index (κ1) is 15.3. The zero-order chi connectivity index (χ0) is 14.7. The Hall–Kier alpha value is -1.13. The van der Waals surface area contributed by atoms with E-state index in [1.165, 1.54) is 6.07 Å². The number of halogens is 3. The fraction of sp³-hybridized carbons (Fsp3) is 0.200. The summed E-state index contributed by atoms with van der Waals surface area (Å²) in [7, 11) is 0. The monoisotopic (exact) mass is 313 g/mol. The lowest BCUT2D eigenvalue weighted by atomic mass is 9.89. The number of benzene rings is 2. The van der Waals surface area contributed by atoms with Crippen molar-refractivity contribution >= 4 is 23.2 Å². The molecule has 0 fully saturated rings. The standard InChI is InChI=1S/C15H14Cl2FNO/c16-10-6-4-9(5-7-10)15(20)12(8-19)11-2-1-3-13(17)14(11)18/h1-7,12,15,20H,8,19H2. The Morgan fingerprint density at radius 3 is 2.35 bits per heavy atom. The fourth-order valence-corrected chi connectivity index (χ4v) is 2.43. The summed E-state index contributed by atoms with van der Waals surface area (Å²) in [5.41, 5.74) is 6.63. The number of aliphatic hydroxyl groups is 1. The SMILES string of the molecule is NCC(c1cccc(Cl)c1F)C(O)c1ccc(Cl)cc1. The molecule has 0 amide bonds. The Morgan fingerprint density at radius 2 is 1.75 bits per heavy atom. The molecule has 0 aliphatic heterocycles. The van der Waals surface area contributed by atoms with Gasteiger partial charge in [0, 0.05) is 17.5 Å². The molecule has 0 heterocycles. The van der Waals surface area contributed by atoms with Crippen LogP contribution in [0.1, 0.15) is 23.1 Å². The molecule has 0 bridgehead atoms. The van der Waals surface area contributed by atoms with Crippen LogP contribution >= 0.6 is 23.2 Å². The summed E-state index contributed by atoms with van der Waals surface area (Å²) < 4.78 is 14.1. The van der Waals surface area contributed by atoms with Gasteiger partial charge in [-0.15, -0.1) is 0 Å². The van der Waals surface area contributed by atoms with Crippen LogP contribution in [0.4, 0.5) is 4.39 Å². The normalized spacial score (nSPS) is 14.1. The van der Waals surface area contributed by atoms with Crippen LogP contribution in [0.5, 0.6) is 0 Å². The van der Waals surface area contributed by atoms with Gasteiger partial charge in [-0.3, -0.25) is 0 Å². The molecule has 3 N–H and O–H groups in total. The van der Waals surface area contributed by atoms with Crippen molar-refractivity contribution in [3.05, 3.63) is 69.5 Å². The van der Waals surface area contributed by atoms with Crippen LogP contribution in [-0.4, -0.2) is 11.7 Å². The molecule has 0 saturated heterocycles. The summed E-state index contributed by atoms with van der Waals surface area (Å²) in [6.07, 6.45) is -0.926. The summed E-state index contributed by atoms with van der Waals surface area (Å²) in [5.74, 6) is -1.12. The molecule has 20 heavy (non-hydrogen) atoms. The van der Waals surface area contributed by atoms with Crippen molar-refractivity contribution in [2.24, 2.45) is 5.73 Å². The van der Waals surface area contributed by atoms with Gasteiger partial charge < -0.3 is 10.8 Å². The Bertz CT molecular complexity index is 589. The van der Waals surface area contributed by atoms with Gasteiger partial charge in [-0.05, 0) is 29.3 Å². The number of hydrogen-bond donors (Lipinski definition) is 2. The molecule has 2 nitrogen and oxygen atoms in total. The molecular formula is C15H14Cl2FNO. The predicted molar refractivity (Wildman–Crippen MR) is 79.6 cm³/mol. The van der Waals surface area contributed by atoms with Crippen LogP contribution in [0, 0.1) is 5.82 Å². The smallest absolute Gasteiger partial charge is 0.145 e. The van der Waals surface area contributed by atoms with E-state index >= 15 is 0 Å². The number of aliphatic hydroxyl groups excluding tert-OH is 1. The van der Waals surface area contributed by atoms with Crippen LogP contribution in [-0.2, 0) is 0 Å². The van der Waals surface area contributed by atoms with Crippen LogP contribution in [0.15, 0.2) is 42.5 Å². The Morgan fingerprint density at radius 1 is 1.10 bits per heavy atom.